The Morgan fingerprint density at radius 1 is 1.04 bits per heavy atom. The number of nitrogens with zero attached hydrogens (tertiary/aromatic N) is 1. The van der Waals surface area contributed by atoms with Crippen molar-refractivity contribution in [2.24, 2.45) is 0 Å². The molecule has 0 fully saturated rings. The van der Waals surface area contributed by atoms with Crippen LogP contribution in [0.3, 0.4) is 0 Å². The average molecular weight is 419 g/mol. The summed E-state index contributed by atoms with van der Waals surface area (Å²) >= 11 is 1.21. The normalized spacial score (nSPS) is 11.5. The van der Waals surface area contributed by atoms with Gasteiger partial charge in [0.05, 0.1) is 24.8 Å². The van der Waals surface area contributed by atoms with Crippen LogP contribution < -0.4 is 14.2 Å². The molecule has 0 spiro atoms. The van der Waals surface area contributed by atoms with Crippen LogP contribution in [0.15, 0.2) is 52.7 Å². The number of anilines is 1. The zero-order chi connectivity index (χ0) is 20.3. The highest BCUT2D eigenvalue weighted by molar-refractivity contribution is 7.93. The van der Waals surface area contributed by atoms with Gasteiger partial charge in [0, 0.05) is 10.9 Å². The molecule has 0 aliphatic rings. The second-order valence-electron chi connectivity index (χ2n) is 6.43. The van der Waals surface area contributed by atoms with Gasteiger partial charge in [-0.3, -0.25) is 4.72 Å². The minimum Gasteiger partial charge on any atom is -0.497 e. The Labute approximate surface area is 169 Å². The summed E-state index contributed by atoms with van der Waals surface area (Å²) in [6, 6.07) is 12.2. The van der Waals surface area contributed by atoms with Crippen LogP contribution in [0.5, 0.6) is 11.5 Å². The van der Waals surface area contributed by atoms with Crippen LogP contribution in [0.4, 0.5) is 5.13 Å². The molecule has 0 unspecified atom stereocenters. The maximum absolute atomic E-state index is 12.7. The number of aromatic nitrogens is 1. The molecule has 3 rings (SSSR count). The first kappa shape index (κ1) is 20.2. The molecule has 1 aromatic heterocycles. The fourth-order valence-corrected chi connectivity index (χ4v) is 4.63. The van der Waals surface area contributed by atoms with Gasteiger partial charge in [0.15, 0.2) is 5.13 Å². The van der Waals surface area contributed by atoms with E-state index < -0.39 is 10.0 Å². The monoisotopic (exact) mass is 418 g/mol. The highest BCUT2D eigenvalue weighted by Crippen LogP contribution is 2.35. The molecule has 8 heteroatoms. The topological polar surface area (TPSA) is 77.5 Å². The van der Waals surface area contributed by atoms with Crippen molar-refractivity contribution in [3.63, 3.8) is 0 Å². The molecule has 3 aromatic rings. The molecule has 2 aromatic carbocycles. The summed E-state index contributed by atoms with van der Waals surface area (Å²) in [6.07, 6.45) is 0. The molecule has 0 saturated heterocycles. The lowest BCUT2D eigenvalue weighted by atomic mass is 10.0. The van der Waals surface area contributed by atoms with Crippen molar-refractivity contribution in [3.8, 4) is 22.8 Å². The molecule has 148 valence electrons. The molecule has 6 nitrogen and oxygen atoms in total. The van der Waals surface area contributed by atoms with Crippen molar-refractivity contribution in [3.05, 3.63) is 53.4 Å². The van der Waals surface area contributed by atoms with Crippen LogP contribution in [0.25, 0.3) is 11.3 Å². The summed E-state index contributed by atoms with van der Waals surface area (Å²) in [4.78, 5) is 4.62. The van der Waals surface area contributed by atoms with E-state index >= 15 is 0 Å². The number of hydrogen-bond acceptors (Lipinski definition) is 6. The summed E-state index contributed by atoms with van der Waals surface area (Å²) in [5.41, 5.74) is 2.42. The third-order valence-electron chi connectivity index (χ3n) is 4.27. The largest absolute Gasteiger partial charge is 0.497 e. The van der Waals surface area contributed by atoms with Gasteiger partial charge >= 0.3 is 0 Å². The highest BCUT2D eigenvalue weighted by Gasteiger charge is 2.18. The maximum Gasteiger partial charge on any atom is 0.263 e. The lowest BCUT2D eigenvalue weighted by Gasteiger charge is -2.09. The molecule has 0 aliphatic heterocycles. The summed E-state index contributed by atoms with van der Waals surface area (Å²) in [5.74, 6) is 1.63. The first-order valence-corrected chi connectivity index (χ1v) is 11.0. The molecule has 28 heavy (non-hydrogen) atoms. The van der Waals surface area contributed by atoms with Crippen LogP contribution in [0.2, 0.25) is 0 Å². The standard InChI is InChI=1S/C20H22N2O4S2/c1-13(2)14-5-8-16(9-6-14)28(23,24)22-20-21-18(12-27-20)17-11-15(25-3)7-10-19(17)26-4/h5-13H,1-4H3,(H,21,22). The highest BCUT2D eigenvalue weighted by atomic mass is 32.2. The molecule has 0 saturated carbocycles. The molecule has 0 radical (unpaired) electrons. The van der Waals surface area contributed by atoms with E-state index in [1.807, 2.05) is 12.1 Å². The summed E-state index contributed by atoms with van der Waals surface area (Å²) in [7, 11) is -0.560. The van der Waals surface area contributed by atoms with Crippen LogP contribution in [0, 0.1) is 0 Å². The van der Waals surface area contributed by atoms with Gasteiger partial charge in [0.1, 0.15) is 11.5 Å². The van der Waals surface area contributed by atoms with Gasteiger partial charge in [-0.2, -0.15) is 0 Å². The lowest BCUT2D eigenvalue weighted by molar-refractivity contribution is 0.404. The number of methoxy groups -OCH3 is 2. The van der Waals surface area contributed by atoms with E-state index in [0.29, 0.717) is 23.1 Å². The molecule has 1 N–H and O–H groups in total. The summed E-state index contributed by atoms with van der Waals surface area (Å²) in [5, 5.41) is 2.06. The molecule has 0 amide bonds. The van der Waals surface area contributed by atoms with E-state index in [1.54, 1.807) is 49.9 Å². The van der Waals surface area contributed by atoms with Gasteiger partial charge in [-0.25, -0.2) is 13.4 Å². The van der Waals surface area contributed by atoms with Crippen molar-refractivity contribution in [2.45, 2.75) is 24.7 Å². The second kappa shape index (κ2) is 8.20. The third-order valence-corrected chi connectivity index (χ3v) is 6.51. The van der Waals surface area contributed by atoms with Crippen LogP contribution in [0.1, 0.15) is 25.3 Å². The van der Waals surface area contributed by atoms with E-state index in [2.05, 4.69) is 23.6 Å². The predicted octanol–water partition coefficient (Wildman–Crippen LogP) is 4.75. The number of thiazole rings is 1. The van der Waals surface area contributed by atoms with Crippen LogP contribution >= 0.6 is 11.3 Å². The number of hydrogen-bond donors (Lipinski definition) is 1. The molecule has 0 atom stereocenters. The number of sulfonamides is 1. The number of ether oxygens (including phenoxy) is 2. The SMILES string of the molecule is COc1ccc(OC)c(-c2csc(NS(=O)(=O)c3ccc(C(C)C)cc3)n2)c1. The summed E-state index contributed by atoms with van der Waals surface area (Å²) < 4.78 is 38.5. The lowest BCUT2D eigenvalue weighted by Crippen LogP contribution is -2.12. The zero-order valence-corrected chi connectivity index (χ0v) is 17.7. The Hall–Kier alpha value is -2.58. The van der Waals surface area contributed by atoms with Gasteiger partial charge in [-0.15, -0.1) is 11.3 Å². The summed E-state index contributed by atoms with van der Waals surface area (Å²) in [6.45, 7) is 4.12. The van der Waals surface area contributed by atoms with Crippen molar-refractivity contribution in [1.82, 2.24) is 4.98 Å². The van der Waals surface area contributed by atoms with E-state index in [4.69, 9.17) is 9.47 Å². The predicted molar refractivity (Wildman–Crippen MR) is 112 cm³/mol. The Kier molecular flexibility index (Phi) is 5.90. The maximum atomic E-state index is 12.7. The minimum atomic E-state index is -3.71. The van der Waals surface area contributed by atoms with Crippen molar-refractivity contribution >= 4 is 26.5 Å². The van der Waals surface area contributed by atoms with E-state index in [9.17, 15) is 8.42 Å². The first-order valence-electron chi connectivity index (χ1n) is 8.64. The van der Waals surface area contributed by atoms with Crippen molar-refractivity contribution in [2.75, 3.05) is 18.9 Å². The first-order chi connectivity index (χ1) is 13.3. The van der Waals surface area contributed by atoms with Crippen molar-refractivity contribution < 1.29 is 17.9 Å². The Morgan fingerprint density at radius 2 is 1.75 bits per heavy atom. The Balaban J connectivity index is 1.86. The average Bonchev–Trinajstić information content (AvgIpc) is 3.15. The Morgan fingerprint density at radius 3 is 2.36 bits per heavy atom. The molecular weight excluding hydrogens is 396 g/mol. The van der Waals surface area contributed by atoms with E-state index in [0.717, 1.165) is 11.1 Å². The third kappa shape index (κ3) is 4.28. The van der Waals surface area contributed by atoms with Gasteiger partial charge < -0.3 is 9.47 Å². The van der Waals surface area contributed by atoms with Gasteiger partial charge in [-0.1, -0.05) is 26.0 Å². The van der Waals surface area contributed by atoms with Gasteiger partial charge in [0.2, 0.25) is 0 Å². The van der Waals surface area contributed by atoms with E-state index in [-0.39, 0.29) is 10.0 Å². The van der Waals surface area contributed by atoms with Crippen molar-refractivity contribution in [1.29, 1.82) is 0 Å². The number of benzene rings is 2. The van der Waals surface area contributed by atoms with Gasteiger partial charge in [-0.05, 0) is 41.8 Å². The number of nitrogens with one attached hydrogen (secondary N) is 1. The fraction of sp³-hybridized carbons (Fsp3) is 0.250. The Bertz CT molecular complexity index is 1060. The van der Waals surface area contributed by atoms with Gasteiger partial charge in [0.25, 0.3) is 10.0 Å². The molecule has 0 bridgehead atoms. The molecule has 1 heterocycles. The second-order valence-corrected chi connectivity index (χ2v) is 8.97. The minimum absolute atomic E-state index is 0.201. The molecular formula is C20H22N2O4S2. The van der Waals surface area contributed by atoms with Crippen LogP contribution in [-0.4, -0.2) is 27.6 Å². The van der Waals surface area contributed by atoms with Crippen LogP contribution in [-0.2, 0) is 10.0 Å². The number of rotatable bonds is 7. The fourth-order valence-electron chi connectivity index (χ4n) is 2.66. The molecule has 0 aliphatic carbocycles. The quantitative estimate of drug-likeness (QED) is 0.599. The van der Waals surface area contributed by atoms with E-state index in [1.165, 1.54) is 11.3 Å². The smallest absolute Gasteiger partial charge is 0.263 e. The zero-order valence-electron chi connectivity index (χ0n) is 16.1.